The molecule has 7 heteroatoms. The number of ether oxygens (including phenoxy) is 1. The van der Waals surface area contributed by atoms with Gasteiger partial charge in [-0.3, -0.25) is 9.59 Å². The maximum Gasteiger partial charge on any atom is 0.328 e. The molecular weight excluding hydrogens is 418 g/mol. The Morgan fingerprint density at radius 2 is 1.61 bits per heavy atom. The van der Waals surface area contributed by atoms with Crippen molar-refractivity contribution in [1.82, 2.24) is 15.6 Å². The van der Waals surface area contributed by atoms with E-state index in [1.165, 1.54) is 7.11 Å². The largest absolute Gasteiger partial charge is 0.467 e. The zero-order valence-corrected chi connectivity index (χ0v) is 19.3. The van der Waals surface area contributed by atoms with Gasteiger partial charge in [0.2, 0.25) is 11.8 Å². The predicted octanol–water partition coefficient (Wildman–Crippen LogP) is 3.14. The number of aromatic nitrogens is 1. The number of hydrogen-bond donors (Lipinski definition) is 3. The summed E-state index contributed by atoms with van der Waals surface area (Å²) in [4.78, 5) is 41.4. The fourth-order valence-corrected chi connectivity index (χ4v) is 3.81. The van der Waals surface area contributed by atoms with Gasteiger partial charge < -0.3 is 20.4 Å². The second-order valence-electron chi connectivity index (χ2n) is 8.56. The average Bonchev–Trinajstić information content (AvgIpc) is 3.20. The summed E-state index contributed by atoms with van der Waals surface area (Å²) in [6, 6.07) is 15.5. The molecular formula is C26H31N3O4. The molecule has 2 amide bonds. The van der Waals surface area contributed by atoms with Gasteiger partial charge in [0.05, 0.1) is 7.11 Å². The summed E-state index contributed by atoms with van der Waals surface area (Å²) in [5.74, 6) is -1.01. The van der Waals surface area contributed by atoms with Gasteiger partial charge in [-0.25, -0.2) is 4.79 Å². The Hall–Kier alpha value is -3.61. The van der Waals surface area contributed by atoms with E-state index in [1.54, 1.807) is 0 Å². The topological polar surface area (TPSA) is 100 Å². The van der Waals surface area contributed by atoms with E-state index in [9.17, 15) is 14.4 Å². The van der Waals surface area contributed by atoms with Crippen molar-refractivity contribution in [2.75, 3.05) is 7.11 Å². The third-order valence-electron chi connectivity index (χ3n) is 5.43. The molecule has 2 aromatic carbocycles. The summed E-state index contributed by atoms with van der Waals surface area (Å²) in [6.45, 7) is 3.89. The zero-order chi connectivity index (χ0) is 23.8. The van der Waals surface area contributed by atoms with E-state index >= 15 is 0 Å². The number of carbonyl (C=O) groups is 3. The van der Waals surface area contributed by atoms with Crippen LogP contribution < -0.4 is 10.6 Å². The molecule has 2 atom stereocenters. The molecule has 0 saturated heterocycles. The lowest BCUT2D eigenvalue weighted by molar-refractivity contribution is -0.145. The number of amides is 2. The van der Waals surface area contributed by atoms with Crippen molar-refractivity contribution in [3.05, 3.63) is 71.9 Å². The SMILES string of the molecule is COC(=O)[C@@H](Cc1ccccc1)NC(=O)[C@H](Cc1c[nH]c2ccccc12)NC(=O)CC(C)C. The van der Waals surface area contributed by atoms with E-state index in [0.29, 0.717) is 19.3 Å². The third-order valence-corrected chi connectivity index (χ3v) is 5.43. The van der Waals surface area contributed by atoms with Crippen LogP contribution in [0.5, 0.6) is 0 Å². The molecule has 0 aliphatic carbocycles. The lowest BCUT2D eigenvalue weighted by Gasteiger charge is -2.23. The average molecular weight is 450 g/mol. The summed E-state index contributed by atoms with van der Waals surface area (Å²) in [7, 11) is 1.29. The van der Waals surface area contributed by atoms with E-state index in [-0.39, 0.29) is 11.8 Å². The fourth-order valence-electron chi connectivity index (χ4n) is 3.81. The molecule has 0 spiro atoms. The molecule has 3 aromatic rings. The maximum atomic E-state index is 13.3. The van der Waals surface area contributed by atoms with Crippen LogP contribution in [0.2, 0.25) is 0 Å². The number of carbonyl (C=O) groups excluding carboxylic acids is 3. The highest BCUT2D eigenvalue weighted by atomic mass is 16.5. The zero-order valence-electron chi connectivity index (χ0n) is 19.3. The number of nitrogens with one attached hydrogen (secondary N) is 3. The van der Waals surface area contributed by atoms with Gasteiger partial charge in [0.15, 0.2) is 0 Å². The maximum absolute atomic E-state index is 13.3. The van der Waals surface area contributed by atoms with Crippen LogP contribution in [-0.4, -0.2) is 42.0 Å². The van der Waals surface area contributed by atoms with Gasteiger partial charge in [-0.1, -0.05) is 62.4 Å². The van der Waals surface area contributed by atoms with Crippen molar-refractivity contribution >= 4 is 28.7 Å². The quantitative estimate of drug-likeness (QED) is 0.414. The molecule has 174 valence electrons. The molecule has 0 aliphatic rings. The lowest BCUT2D eigenvalue weighted by atomic mass is 10.0. The van der Waals surface area contributed by atoms with Crippen LogP contribution in [-0.2, 0) is 32.0 Å². The molecule has 3 N–H and O–H groups in total. The number of esters is 1. The monoisotopic (exact) mass is 449 g/mol. The third kappa shape index (κ3) is 6.68. The van der Waals surface area contributed by atoms with Gasteiger partial charge in [-0.2, -0.15) is 0 Å². The molecule has 0 fully saturated rings. The molecule has 3 rings (SSSR count). The second kappa shape index (κ2) is 11.3. The van der Waals surface area contributed by atoms with Crippen LogP contribution in [0.4, 0.5) is 0 Å². The molecule has 0 radical (unpaired) electrons. The molecule has 0 saturated carbocycles. The van der Waals surface area contributed by atoms with Crippen molar-refractivity contribution in [3.63, 3.8) is 0 Å². The summed E-state index contributed by atoms with van der Waals surface area (Å²) in [5.41, 5.74) is 2.76. The predicted molar refractivity (Wildman–Crippen MR) is 127 cm³/mol. The summed E-state index contributed by atoms with van der Waals surface area (Å²) in [6.07, 6.45) is 2.74. The number of methoxy groups -OCH3 is 1. The number of rotatable bonds is 10. The van der Waals surface area contributed by atoms with Crippen molar-refractivity contribution in [2.24, 2.45) is 5.92 Å². The van der Waals surface area contributed by atoms with Crippen LogP contribution in [0, 0.1) is 5.92 Å². The van der Waals surface area contributed by atoms with Crippen molar-refractivity contribution in [2.45, 2.75) is 45.2 Å². The highest BCUT2D eigenvalue weighted by molar-refractivity contribution is 5.92. The molecule has 0 bridgehead atoms. The number of benzene rings is 2. The van der Waals surface area contributed by atoms with Crippen LogP contribution >= 0.6 is 0 Å². The van der Waals surface area contributed by atoms with E-state index < -0.39 is 24.0 Å². The summed E-state index contributed by atoms with van der Waals surface area (Å²) in [5, 5.41) is 6.65. The first-order chi connectivity index (χ1) is 15.9. The second-order valence-corrected chi connectivity index (χ2v) is 8.56. The van der Waals surface area contributed by atoms with Gasteiger partial charge in [-0.05, 0) is 23.1 Å². The Morgan fingerprint density at radius 1 is 0.909 bits per heavy atom. The fraction of sp³-hybridized carbons (Fsp3) is 0.346. The van der Waals surface area contributed by atoms with Crippen LogP contribution in [0.1, 0.15) is 31.4 Å². The van der Waals surface area contributed by atoms with Crippen molar-refractivity contribution in [3.8, 4) is 0 Å². The Bertz CT molecular complexity index is 1090. The van der Waals surface area contributed by atoms with Gasteiger partial charge in [0.1, 0.15) is 12.1 Å². The number of para-hydroxylation sites is 1. The molecule has 7 nitrogen and oxygen atoms in total. The number of hydrogen-bond acceptors (Lipinski definition) is 4. The minimum Gasteiger partial charge on any atom is -0.467 e. The normalized spacial score (nSPS) is 12.8. The standard InChI is InChI=1S/C26H31N3O4/c1-17(2)13-24(30)28-22(15-19-16-27-21-12-8-7-11-20(19)21)25(31)29-23(26(32)33-3)14-18-9-5-4-6-10-18/h4-12,16-17,22-23,27H,13-15H2,1-3H3,(H,28,30)(H,29,31)/t22-,23+/m0/s1. The van der Waals surface area contributed by atoms with Crippen LogP contribution in [0.3, 0.4) is 0 Å². The Balaban J connectivity index is 1.81. The molecule has 0 aliphatic heterocycles. The Morgan fingerprint density at radius 3 is 2.30 bits per heavy atom. The van der Waals surface area contributed by atoms with Gasteiger partial charge in [0, 0.05) is 36.4 Å². The van der Waals surface area contributed by atoms with E-state index in [2.05, 4.69) is 15.6 Å². The summed E-state index contributed by atoms with van der Waals surface area (Å²) >= 11 is 0. The summed E-state index contributed by atoms with van der Waals surface area (Å²) < 4.78 is 4.92. The highest BCUT2D eigenvalue weighted by Crippen LogP contribution is 2.19. The van der Waals surface area contributed by atoms with Gasteiger partial charge in [-0.15, -0.1) is 0 Å². The number of aromatic amines is 1. The van der Waals surface area contributed by atoms with Crippen molar-refractivity contribution < 1.29 is 19.1 Å². The van der Waals surface area contributed by atoms with Crippen molar-refractivity contribution in [1.29, 1.82) is 0 Å². The molecule has 1 aromatic heterocycles. The first kappa shape index (κ1) is 24.0. The minimum absolute atomic E-state index is 0.155. The first-order valence-electron chi connectivity index (χ1n) is 11.1. The molecule has 0 unspecified atom stereocenters. The van der Waals surface area contributed by atoms with Crippen LogP contribution in [0.25, 0.3) is 10.9 Å². The van der Waals surface area contributed by atoms with Gasteiger partial charge in [0.25, 0.3) is 0 Å². The lowest BCUT2D eigenvalue weighted by Crippen LogP contribution is -2.53. The Labute approximate surface area is 193 Å². The highest BCUT2D eigenvalue weighted by Gasteiger charge is 2.28. The van der Waals surface area contributed by atoms with Gasteiger partial charge >= 0.3 is 5.97 Å². The van der Waals surface area contributed by atoms with E-state index in [1.807, 2.05) is 74.6 Å². The number of fused-ring (bicyclic) bond motifs is 1. The minimum atomic E-state index is -0.864. The smallest absolute Gasteiger partial charge is 0.328 e. The Kier molecular flexibility index (Phi) is 8.24. The van der Waals surface area contributed by atoms with E-state index in [0.717, 1.165) is 22.0 Å². The molecule has 33 heavy (non-hydrogen) atoms. The first-order valence-corrected chi connectivity index (χ1v) is 11.1. The van der Waals surface area contributed by atoms with E-state index in [4.69, 9.17) is 4.74 Å². The number of H-pyrrole nitrogens is 1. The van der Waals surface area contributed by atoms with Crippen LogP contribution in [0.15, 0.2) is 60.8 Å². The molecule has 1 heterocycles.